The molecule has 0 fully saturated rings. The van der Waals surface area contributed by atoms with Gasteiger partial charge in [0.15, 0.2) is 5.78 Å². The van der Waals surface area contributed by atoms with Gasteiger partial charge in [0, 0.05) is 17.8 Å². The van der Waals surface area contributed by atoms with Crippen LogP contribution in [-0.2, 0) is 0 Å². The van der Waals surface area contributed by atoms with Crippen LogP contribution in [0.4, 0.5) is 11.4 Å². The summed E-state index contributed by atoms with van der Waals surface area (Å²) in [6, 6.07) is 10.7. The van der Waals surface area contributed by atoms with Crippen molar-refractivity contribution in [3.63, 3.8) is 0 Å². The quantitative estimate of drug-likeness (QED) is 0.569. The Morgan fingerprint density at radius 2 is 1.71 bits per heavy atom. The molecule has 0 spiro atoms. The third-order valence-electron chi connectivity index (χ3n) is 3.64. The number of rotatable bonds is 8. The second-order valence-electron chi connectivity index (χ2n) is 5.65. The fourth-order valence-corrected chi connectivity index (χ4v) is 2.22. The van der Waals surface area contributed by atoms with E-state index in [0.29, 0.717) is 17.8 Å². The van der Waals surface area contributed by atoms with E-state index in [1.165, 1.54) is 0 Å². The van der Waals surface area contributed by atoms with Crippen molar-refractivity contribution in [2.75, 3.05) is 11.9 Å². The van der Waals surface area contributed by atoms with Crippen LogP contribution in [0.5, 0.6) is 0 Å². The topological polar surface area (TPSA) is 71.1 Å². The van der Waals surface area contributed by atoms with Gasteiger partial charge < -0.3 is 10.6 Å². The van der Waals surface area contributed by atoms with Gasteiger partial charge in [-0.15, -0.1) is 0 Å². The molecule has 0 saturated carbocycles. The van der Waals surface area contributed by atoms with Crippen LogP contribution < -0.4 is 10.6 Å². The van der Waals surface area contributed by atoms with Crippen LogP contribution in [0, 0.1) is 0 Å². The van der Waals surface area contributed by atoms with Crippen molar-refractivity contribution in [3.05, 3.63) is 53.9 Å². The van der Waals surface area contributed by atoms with Gasteiger partial charge in [0.1, 0.15) is 5.69 Å². The summed E-state index contributed by atoms with van der Waals surface area (Å²) in [5, 5.41) is 6.06. The van der Waals surface area contributed by atoms with Gasteiger partial charge in [0.2, 0.25) is 0 Å². The Morgan fingerprint density at radius 3 is 2.29 bits per heavy atom. The summed E-state index contributed by atoms with van der Waals surface area (Å²) in [5.74, 6) is -0.110. The first-order chi connectivity index (χ1) is 11.6. The van der Waals surface area contributed by atoms with Crippen LogP contribution in [-0.4, -0.2) is 23.2 Å². The number of hydrogen-bond acceptors (Lipinski definition) is 4. The standard InChI is InChI=1S/C19H23N3O2/c1-3-4-5-12-20-19(24)18-11-10-17(13-21-18)22-16-8-6-15(7-9-16)14(2)23/h6-11,13,22H,3-5,12H2,1-2H3,(H,20,24). The van der Waals surface area contributed by atoms with E-state index in [1.807, 2.05) is 18.2 Å². The molecule has 2 rings (SSSR count). The first-order valence-corrected chi connectivity index (χ1v) is 8.22. The van der Waals surface area contributed by atoms with Gasteiger partial charge in [-0.1, -0.05) is 19.8 Å². The molecule has 0 aliphatic carbocycles. The number of amides is 1. The molecular weight excluding hydrogens is 302 g/mol. The predicted molar refractivity (Wildman–Crippen MR) is 95.8 cm³/mol. The van der Waals surface area contributed by atoms with E-state index in [-0.39, 0.29) is 11.7 Å². The fraction of sp³-hybridized carbons (Fsp3) is 0.316. The molecule has 0 atom stereocenters. The Labute approximate surface area is 142 Å². The van der Waals surface area contributed by atoms with E-state index in [4.69, 9.17) is 0 Å². The molecule has 0 aliphatic rings. The highest BCUT2D eigenvalue weighted by Gasteiger charge is 2.06. The molecule has 1 aromatic carbocycles. The maximum Gasteiger partial charge on any atom is 0.269 e. The number of nitrogens with one attached hydrogen (secondary N) is 2. The molecule has 2 aromatic rings. The van der Waals surface area contributed by atoms with E-state index in [9.17, 15) is 9.59 Å². The van der Waals surface area contributed by atoms with Crippen molar-refractivity contribution in [1.29, 1.82) is 0 Å². The van der Waals surface area contributed by atoms with Crippen LogP contribution in [0.25, 0.3) is 0 Å². The number of carbonyl (C=O) groups excluding carboxylic acids is 2. The number of anilines is 2. The van der Waals surface area contributed by atoms with Gasteiger partial charge in [-0.3, -0.25) is 9.59 Å². The summed E-state index contributed by atoms with van der Waals surface area (Å²) in [6.45, 7) is 4.35. The smallest absolute Gasteiger partial charge is 0.269 e. The summed E-state index contributed by atoms with van der Waals surface area (Å²) in [5.41, 5.74) is 2.73. The van der Waals surface area contributed by atoms with Crippen molar-refractivity contribution >= 4 is 23.1 Å². The van der Waals surface area contributed by atoms with Crippen LogP contribution in [0.2, 0.25) is 0 Å². The lowest BCUT2D eigenvalue weighted by Crippen LogP contribution is -2.25. The summed E-state index contributed by atoms with van der Waals surface area (Å²) in [4.78, 5) is 27.4. The van der Waals surface area contributed by atoms with E-state index in [2.05, 4.69) is 22.5 Å². The molecule has 0 unspecified atom stereocenters. The Bertz CT molecular complexity index is 679. The maximum absolute atomic E-state index is 12.0. The molecule has 24 heavy (non-hydrogen) atoms. The SMILES string of the molecule is CCCCCNC(=O)c1ccc(Nc2ccc(C(C)=O)cc2)cn1. The molecule has 1 amide bonds. The third kappa shape index (κ3) is 5.19. The van der Waals surface area contributed by atoms with Gasteiger partial charge in [0.05, 0.1) is 11.9 Å². The van der Waals surface area contributed by atoms with E-state index in [1.54, 1.807) is 31.3 Å². The second-order valence-corrected chi connectivity index (χ2v) is 5.65. The van der Waals surface area contributed by atoms with Gasteiger partial charge in [-0.25, -0.2) is 4.98 Å². The third-order valence-corrected chi connectivity index (χ3v) is 3.64. The second kappa shape index (κ2) is 8.82. The number of Topliss-reactive ketones (excluding diaryl/α,β-unsaturated/α-hetero) is 1. The zero-order chi connectivity index (χ0) is 17.4. The molecular formula is C19H23N3O2. The molecule has 1 heterocycles. The molecule has 2 N–H and O–H groups in total. The Balaban J connectivity index is 1.91. The Morgan fingerprint density at radius 1 is 1.00 bits per heavy atom. The molecule has 0 saturated heterocycles. The average Bonchev–Trinajstić information content (AvgIpc) is 2.59. The highest BCUT2D eigenvalue weighted by molar-refractivity contribution is 5.94. The van der Waals surface area contributed by atoms with E-state index < -0.39 is 0 Å². The average molecular weight is 325 g/mol. The van der Waals surface area contributed by atoms with Crippen molar-refractivity contribution < 1.29 is 9.59 Å². The van der Waals surface area contributed by atoms with Crippen molar-refractivity contribution in [3.8, 4) is 0 Å². The number of nitrogens with zero attached hydrogens (tertiary/aromatic N) is 1. The monoisotopic (exact) mass is 325 g/mol. The maximum atomic E-state index is 12.0. The minimum Gasteiger partial charge on any atom is -0.354 e. The first-order valence-electron chi connectivity index (χ1n) is 8.22. The normalized spacial score (nSPS) is 10.2. The lowest BCUT2D eigenvalue weighted by Gasteiger charge is -2.08. The zero-order valence-corrected chi connectivity index (χ0v) is 14.1. The van der Waals surface area contributed by atoms with Crippen LogP contribution in [0.3, 0.4) is 0 Å². The van der Waals surface area contributed by atoms with Crippen molar-refractivity contribution in [2.24, 2.45) is 0 Å². The predicted octanol–water partition coefficient (Wildman–Crippen LogP) is 3.95. The molecule has 0 bridgehead atoms. The van der Waals surface area contributed by atoms with Gasteiger partial charge in [-0.05, 0) is 49.7 Å². The summed E-state index contributed by atoms with van der Waals surface area (Å²) in [6.07, 6.45) is 4.85. The molecule has 5 heteroatoms. The van der Waals surface area contributed by atoms with Crippen LogP contribution in [0.15, 0.2) is 42.6 Å². The minimum atomic E-state index is -0.150. The summed E-state index contributed by atoms with van der Waals surface area (Å²) < 4.78 is 0. The van der Waals surface area contributed by atoms with Crippen LogP contribution in [0.1, 0.15) is 54.0 Å². The number of unbranched alkanes of at least 4 members (excludes halogenated alkanes) is 2. The van der Waals surface area contributed by atoms with Crippen LogP contribution >= 0.6 is 0 Å². The fourth-order valence-electron chi connectivity index (χ4n) is 2.22. The van der Waals surface area contributed by atoms with Gasteiger partial charge in [-0.2, -0.15) is 0 Å². The van der Waals surface area contributed by atoms with Gasteiger partial charge >= 0.3 is 0 Å². The highest BCUT2D eigenvalue weighted by Crippen LogP contribution is 2.16. The Kier molecular flexibility index (Phi) is 6.49. The first kappa shape index (κ1) is 17.7. The molecule has 5 nitrogen and oxygen atoms in total. The number of pyridine rings is 1. The molecule has 0 aliphatic heterocycles. The zero-order valence-electron chi connectivity index (χ0n) is 14.1. The summed E-state index contributed by atoms with van der Waals surface area (Å²) >= 11 is 0. The Hall–Kier alpha value is -2.69. The van der Waals surface area contributed by atoms with Crippen molar-refractivity contribution in [2.45, 2.75) is 33.1 Å². The van der Waals surface area contributed by atoms with E-state index in [0.717, 1.165) is 30.6 Å². The molecule has 0 radical (unpaired) electrons. The number of aromatic nitrogens is 1. The number of carbonyl (C=O) groups is 2. The van der Waals surface area contributed by atoms with E-state index >= 15 is 0 Å². The number of ketones is 1. The highest BCUT2D eigenvalue weighted by atomic mass is 16.1. The number of benzene rings is 1. The number of hydrogen-bond donors (Lipinski definition) is 2. The lowest BCUT2D eigenvalue weighted by atomic mass is 10.1. The molecule has 126 valence electrons. The largest absolute Gasteiger partial charge is 0.354 e. The summed E-state index contributed by atoms with van der Waals surface area (Å²) in [7, 11) is 0. The van der Waals surface area contributed by atoms with Crippen molar-refractivity contribution in [1.82, 2.24) is 10.3 Å². The lowest BCUT2D eigenvalue weighted by molar-refractivity contribution is 0.0947. The minimum absolute atomic E-state index is 0.0394. The van der Waals surface area contributed by atoms with Gasteiger partial charge in [0.25, 0.3) is 5.91 Å². The molecule has 1 aromatic heterocycles.